The molecule has 6 nitrogen and oxygen atoms in total. The molecule has 1 atom stereocenters. The zero-order valence-corrected chi connectivity index (χ0v) is 16.3. The van der Waals surface area contributed by atoms with Crippen LogP contribution in [0.4, 0.5) is 0 Å². The number of hydrogen-bond acceptors (Lipinski definition) is 6. The van der Waals surface area contributed by atoms with Crippen LogP contribution in [0.2, 0.25) is 0 Å². The van der Waals surface area contributed by atoms with Crippen LogP contribution in [0.5, 0.6) is 23.0 Å². The Balaban J connectivity index is 1.47. The number of methoxy groups -OCH3 is 2. The standard InChI is InChI=1S/C22H25NO5/c1-25-18-9-8-15(11-20(18)26-2)21(24)16-6-4-10-23(12-16)13-17-5-3-7-19-22(17)28-14-27-19/h3,5,7-9,11,16H,4,6,10,12-14H2,1-2H3/t16-/m0/s1. The van der Waals surface area contributed by atoms with E-state index in [9.17, 15) is 4.79 Å². The highest BCUT2D eigenvalue weighted by atomic mass is 16.7. The molecule has 148 valence electrons. The van der Waals surface area contributed by atoms with E-state index >= 15 is 0 Å². The van der Waals surface area contributed by atoms with Gasteiger partial charge in [0.2, 0.25) is 6.79 Å². The molecule has 2 heterocycles. The lowest BCUT2D eigenvalue weighted by Crippen LogP contribution is -2.38. The van der Waals surface area contributed by atoms with E-state index in [0.717, 1.165) is 49.5 Å². The summed E-state index contributed by atoms with van der Waals surface area (Å²) in [4.78, 5) is 15.4. The molecule has 0 N–H and O–H groups in total. The minimum absolute atomic E-state index is 0.0271. The minimum atomic E-state index is -0.0271. The van der Waals surface area contributed by atoms with E-state index in [1.165, 1.54) is 0 Å². The number of Topliss-reactive ketones (excluding diaryl/α,β-unsaturated/α-hetero) is 1. The van der Waals surface area contributed by atoms with Gasteiger partial charge < -0.3 is 18.9 Å². The number of ketones is 1. The van der Waals surface area contributed by atoms with Crippen molar-refractivity contribution >= 4 is 5.78 Å². The molecular formula is C22H25NO5. The third kappa shape index (κ3) is 3.64. The van der Waals surface area contributed by atoms with Crippen LogP contribution in [-0.2, 0) is 6.54 Å². The van der Waals surface area contributed by atoms with Crippen molar-refractivity contribution in [3.8, 4) is 23.0 Å². The molecule has 1 saturated heterocycles. The van der Waals surface area contributed by atoms with Crippen molar-refractivity contribution in [2.24, 2.45) is 5.92 Å². The number of fused-ring (bicyclic) bond motifs is 1. The molecule has 28 heavy (non-hydrogen) atoms. The van der Waals surface area contributed by atoms with Gasteiger partial charge in [-0.3, -0.25) is 9.69 Å². The summed E-state index contributed by atoms with van der Waals surface area (Å²) < 4.78 is 21.7. The molecule has 0 spiro atoms. The fraction of sp³-hybridized carbons (Fsp3) is 0.409. The molecule has 0 radical (unpaired) electrons. The Bertz CT molecular complexity index is 866. The van der Waals surface area contributed by atoms with Crippen molar-refractivity contribution in [2.45, 2.75) is 19.4 Å². The molecule has 0 aliphatic carbocycles. The van der Waals surface area contributed by atoms with Crippen LogP contribution < -0.4 is 18.9 Å². The summed E-state index contributed by atoms with van der Waals surface area (Å²) in [6.45, 7) is 2.73. The average molecular weight is 383 g/mol. The molecule has 1 fully saturated rings. The molecule has 2 aliphatic rings. The van der Waals surface area contributed by atoms with Gasteiger partial charge in [-0.15, -0.1) is 0 Å². The maximum Gasteiger partial charge on any atom is 0.231 e. The fourth-order valence-electron chi connectivity index (χ4n) is 3.99. The monoisotopic (exact) mass is 383 g/mol. The highest BCUT2D eigenvalue weighted by Crippen LogP contribution is 2.36. The third-order valence-corrected chi connectivity index (χ3v) is 5.42. The summed E-state index contributed by atoms with van der Waals surface area (Å²) >= 11 is 0. The summed E-state index contributed by atoms with van der Waals surface area (Å²) in [7, 11) is 3.17. The van der Waals surface area contributed by atoms with Crippen molar-refractivity contribution < 1.29 is 23.7 Å². The molecule has 2 aromatic rings. The van der Waals surface area contributed by atoms with E-state index in [4.69, 9.17) is 18.9 Å². The van der Waals surface area contributed by atoms with E-state index < -0.39 is 0 Å². The number of benzene rings is 2. The Morgan fingerprint density at radius 1 is 1.14 bits per heavy atom. The molecule has 0 saturated carbocycles. The van der Waals surface area contributed by atoms with Crippen LogP contribution in [0.15, 0.2) is 36.4 Å². The lowest BCUT2D eigenvalue weighted by atomic mass is 9.89. The number of para-hydroxylation sites is 1. The molecule has 0 bridgehead atoms. The van der Waals surface area contributed by atoms with Crippen LogP contribution in [0.1, 0.15) is 28.8 Å². The number of rotatable bonds is 6. The molecule has 0 amide bonds. The van der Waals surface area contributed by atoms with Crippen molar-refractivity contribution in [2.75, 3.05) is 34.1 Å². The minimum Gasteiger partial charge on any atom is -0.493 e. The third-order valence-electron chi connectivity index (χ3n) is 5.42. The quantitative estimate of drug-likeness (QED) is 0.712. The van der Waals surface area contributed by atoms with Crippen molar-refractivity contribution in [3.05, 3.63) is 47.5 Å². The summed E-state index contributed by atoms with van der Waals surface area (Å²) in [6, 6.07) is 11.3. The average Bonchev–Trinajstić information content (AvgIpc) is 3.23. The van der Waals surface area contributed by atoms with E-state index in [2.05, 4.69) is 11.0 Å². The van der Waals surface area contributed by atoms with Gasteiger partial charge in [-0.1, -0.05) is 12.1 Å². The Morgan fingerprint density at radius 3 is 2.82 bits per heavy atom. The van der Waals surface area contributed by atoms with E-state index in [-0.39, 0.29) is 18.5 Å². The SMILES string of the molecule is COc1ccc(C(=O)[C@H]2CCCN(Cc3cccc4c3OCO4)C2)cc1OC. The van der Waals surface area contributed by atoms with Gasteiger partial charge in [-0.25, -0.2) is 0 Å². The van der Waals surface area contributed by atoms with Gasteiger partial charge in [-0.2, -0.15) is 0 Å². The Hall–Kier alpha value is -2.73. The second-order valence-corrected chi connectivity index (χ2v) is 7.16. The van der Waals surface area contributed by atoms with Crippen LogP contribution in [-0.4, -0.2) is 44.8 Å². The number of ether oxygens (including phenoxy) is 4. The number of hydrogen-bond donors (Lipinski definition) is 0. The zero-order valence-electron chi connectivity index (χ0n) is 16.3. The molecule has 2 aromatic carbocycles. The topological polar surface area (TPSA) is 57.2 Å². The first kappa shape index (κ1) is 18.6. The predicted octanol–water partition coefficient (Wildman–Crippen LogP) is 3.53. The highest BCUT2D eigenvalue weighted by molar-refractivity contribution is 5.98. The largest absolute Gasteiger partial charge is 0.493 e. The van der Waals surface area contributed by atoms with Gasteiger partial charge in [0.1, 0.15) is 0 Å². The number of piperidine rings is 1. The van der Waals surface area contributed by atoms with Gasteiger partial charge in [0, 0.05) is 30.1 Å². The van der Waals surface area contributed by atoms with Crippen molar-refractivity contribution in [1.29, 1.82) is 0 Å². The second-order valence-electron chi connectivity index (χ2n) is 7.16. The number of carbonyl (C=O) groups is 1. The highest BCUT2D eigenvalue weighted by Gasteiger charge is 2.28. The normalized spacial score (nSPS) is 18.7. The van der Waals surface area contributed by atoms with E-state index in [1.807, 2.05) is 18.2 Å². The summed E-state index contributed by atoms with van der Waals surface area (Å²) in [5, 5.41) is 0. The fourth-order valence-corrected chi connectivity index (χ4v) is 3.99. The first-order chi connectivity index (χ1) is 13.7. The Kier molecular flexibility index (Phi) is 5.39. The molecule has 4 rings (SSSR count). The predicted molar refractivity (Wildman–Crippen MR) is 104 cm³/mol. The summed E-state index contributed by atoms with van der Waals surface area (Å²) in [5.74, 6) is 2.97. The zero-order chi connectivity index (χ0) is 19.5. The summed E-state index contributed by atoms with van der Waals surface area (Å²) in [6.07, 6.45) is 1.90. The first-order valence-electron chi connectivity index (χ1n) is 9.55. The Morgan fingerprint density at radius 2 is 2.00 bits per heavy atom. The maximum absolute atomic E-state index is 13.1. The molecule has 0 unspecified atom stereocenters. The number of likely N-dealkylation sites (tertiary alicyclic amines) is 1. The number of nitrogens with zero attached hydrogens (tertiary/aromatic N) is 1. The van der Waals surface area contributed by atoms with Crippen LogP contribution in [0.3, 0.4) is 0 Å². The van der Waals surface area contributed by atoms with Gasteiger partial charge in [-0.05, 0) is 43.7 Å². The lowest BCUT2D eigenvalue weighted by Gasteiger charge is -2.32. The van der Waals surface area contributed by atoms with Crippen LogP contribution in [0, 0.1) is 5.92 Å². The number of carbonyl (C=O) groups excluding carboxylic acids is 1. The van der Waals surface area contributed by atoms with Crippen LogP contribution in [0.25, 0.3) is 0 Å². The van der Waals surface area contributed by atoms with E-state index in [1.54, 1.807) is 26.4 Å². The maximum atomic E-state index is 13.1. The van der Waals surface area contributed by atoms with Crippen molar-refractivity contribution in [3.63, 3.8) is 0 Å². The molecular weight excluding hydrogens is 358 g/mol. The van der Waals surface area contributed by atoms with Gasteiger partial charge in [0.15, 0.2) is 28.8 Å². The second kappa shape index (κ2) is 8.10. The molecule has 2 aliphatic heterocycles. The molecule has 6 heteroatoms. The lowest BCUT2D eigenvalue weighted by molar-refractivity contribution is 0.0810. The Labute approximate surface area is 165 Å². The van der Waals surface area contributed by atoms with E-state index in [0.29, 0.717) is 17.1 Å². The van der Waals surface area contributed by atoms with Crippen molar-refractivity contribution in [1.82, 2.24) is 4.90 Å². The van der Waals surface area contributed by atoms with Gasteiger partial charge in [0.05, 0.1) is 14.2 Å². The van der Waals surface area contributed by atoms with Gasteiger partial charge >= 0.3 is 0 Å². The smallest absolute Gasteiger partial charge is 0.231 e. The first-order valence-corrected chi connectivity index (χ1v) is 9.55. The summed E-state index contributed by atoms with van der Waals surface area (Å²) in [5.41, 5.74) is 1.77. The van der Waals surface area contributed by atoms with Gasteiger partial charge in [0.25, 0.3) is 0 Å². The van der Waals surface area contributed by atoms with Crippen LogP contribution >= 0.6 is 0 Å². The molecule has 0 aromatic heterocycles.